The predicted molar refractivity (Wildman–Crippen MR) is 51.0 cm³/mol. The second-order valence-corrected chi connectivity index (χ2v) is 4.57. The van der Waals surface area contributed by atoms with Crippen LogP contribution in [0.5, 0.6) is 0 Å². The van der Waals surface area contributed by atoms with Crippen molar-refractivity contribution in [3.05, 3.63) is 0 Å². The Balaban J connectivity index is 4.17. The zero-order valence-electron chi connectivity index (χ0n) is 7.40. The molecule has 0 heterocycles. The normalized spacial score (nSPS) is 14.5. The van der Waals surface area contributed by atoms with Gasteiger partial charge >= 0.3 is 0 Å². The summed E-state index contributed by atoms with van der Waals surface area (Å²) in [6, 6.07) is 0. The summed E-state index contributed by atoms with van der Waals surface area (Å²) in [5.41, 5.74) is 0.0447. The summed E-state index contributed by atoms with van der Waals surface area (Å²) in [6.45, 7) is 10.5. The van der Waals surface area contributed by atoms with Crippen molar-refractivity contribution in [2.75, 3.05) is 0 Å². The number of aliphatic imine (C=N–C) groups is 1. The first-order chi connectivity index (χ1) is 4.33. The van der Waals surface area contributed by atoms with Gasteiger partial charge in [-0.1, -0.05) is 13.8 Å². The standard InChI is InChI=1S/C8H16BrN/c1-6(2)7(9)10-8(3,4)5/h6H,1-5H3. The second kappa shape index (κ2) is 3.51. The minimum absolute atomic E-state index is 0.0447. The summed E-state index contributed by atoms with van der Waals surface area (Å²) < 4.78 is 1.06. The van der Waals surface area contributed by atoms with Crippen LogP contribution >= 0.6 is 15.9 Å². The van der Waals surface area contributed by atoms with Gasteiger partial charge in [0.25, 0.3) is 0 Å². The van der Waals surface area contributed by atoms with Crippen molar-refractivity contribution in [2.45, 2.75) is 40.2 Å². The summed E-state index contributed by atoms with van der Waals surface area (Å²) in [5, 5.41) is 0. The van der Waals surface area contributed by atoms with Crippen LogP contribution in [0.15, 0.2) is 4.99 Å². The smallest absolute Gasteiger partial charge is 0.0805 e. The van der Waals surface area contributed by atoms with Gasteiger partial charge in [0, 0.05) is 5.92 Å². The molecule has 0 unspecified atom stereocenters. The molecule has 0 aliphatic heterocycles. The minimum Gasteiger partial charge on any atom is -0.276 e. The van der Waals surface area contributed by atoms with E-state index in [1.165, 1.54) is 0 Å². The van der Waals surface area contributed by atoms with Crippen molar-refractivity contribution in [2.24, 2.45) is 10.9 Å². The molecule has 0 aliphatic rings. The fourth-order valence-electron chi connectivity index (χ4n) is 0.450. The molecule has 60 valence electrons. The first-order valence-electron chi connectivity index (χ1n) is 3.58. The lowest BCUT2D eigenvalue weighted by atomic mass is 10.1. The monoisotopic (exact) mass is 205 g/mol. The van der Waals surface area contributed by atoms with Crippen LogP contribution < -0.4 is 0 Å². The van der Waals surface area contributed by atoms with E-state index in [0.717, 1.165) is 4.62 Å². The van der Waals surface area contributed by atoms with E-state index in [0.29, 0.717) is 5.92 Å². The molecule has 0 aromatic rings. The molecule has 0 rings (SSSR count). The second-order valence-electron chi connectivity index (χ2n) is 3.76. The van der Waals surface area contributed by atoms with Crippen LogP contribution in [0.1, 0.15) is 34.6 Å². The van der Waals surface area contributed by atoms with E-state index >= 15 is 0 Å². The van der Waals surface area contributed by atoms with E-state index in [9.17, 15) is 0 Å². The van der Waals surface area contributed by atoms with Crippen LogP contribution in [-0.2, 0) is 0 Å². The number of halogens is 1. The molecule has 0 saturated carbocycles. The fraction of sp³-hybridized carbons (Fsp3) is 0.875. The lowest BCUT2D eigenvalue weighted by molar-refractivity contribution is 0.580. The van der Waals surface area contributed by atoms with E-state index in [1.54, 1.807) is 0 Å². The molecule has 0 N–H and O–H groups in total. The summed E-state index contributed by atoms with van der Waals surface area (Å²) >= 11 is 3.43. The molecule has 0 spiro atoms. The lowest BCUT2D eigenvalue weighted by Crippen LogP contribution is -2.13. The Morgan fingerprint density at radius 1 is 1.30 bits per heavy atom. The van der Waals surface area contributed by atoms with Gasteiger partial charge in [-0.05, 0) is 36.7 Å². The highest BCUT2D eigenvalue weighted by Crippen LogP contribution is 2.13. The van der Waals surface area contributed by atoms with Gasteiger partial charge in [-0.25, -0.2) is 0 Å². The molecule has 0 amide bonds. The van der Waals surface area contributed by atoms with Crippen LogP contribution in [0.3, 0.4) is 0 Å². The molecule has 2 heteroatoms. The van der Waals surface area contributed by atoms with Crippen LogP contribution in [-0.4, -0.2) is 10.2 Å². The third-order valence-corrected chi connectivity index (χ3v) is 2.01. The van der Waals surface area contributed by atoms with Gasteiger partial charge in [-0.2, -0.15) is 0 Å². The topological polar surface area (TPSA) is 12.4 Å². The van der Waals surface area contributed by atoms with Crippen molar-refractivity contribution in [1.82, 2.24) is 0 Å². The quantitative estimate of drug-likeness (QED) is 0.584. The maximum Gasteiger partial charge on any atom is 0.0805 e. The maximum absolute atomic E-state index is 4.44. The highest BCUT2D eigenvalue weighted by atomic mass is 79.9. The lowest BCUT2D eigenvalue weighted by Gasteiger charge is -2.14. The van der Waals surface area contributed by atoms with Crippen molar-refractivity contribution in [3.63, 3.8) is 0 Å². The minimum atomic E-state index is 0.0447. The van der Waals surface area contributed by atoms with Gasteiger partial charge in [0.05, 0.1) is 10.2 Å². The number of rotatable bonds is 1. The molecule has 0 aromatic carbocycles. The van der Waals surface area contributed by atoms with E-state index in [2.05, 4.69) is 55.5 Å². The van der Waals surface area contributed by atoms with Crippen LogP contribution in [0.4, 0.5) is 0 Å². The van der Waals surface area contributed by atoms with Crippen molar-refractivity contribution in [3.8, 4) is 0 Å². The molecule has 0 radical (unpaired) electrons. The first kappa shape index (κ1) is 10.2. The van der Waals surface area contributed by atoms with Crippen molar-refractivity contribution >= 4 is 20.6 Å². The van der Waals surface area contributed by atoms with Gasteiger partial charge in [0.1, 0.15) is 0 Å². The fourth-order valence-corrected chi connectivity index (χ4v) is 0.981. The largest absolute Gasteiger partial charge is 0.276 e. The van der Waals surface area contributed by atoms with Gasteiger partial charge in [-0.3, -0.25) is 4.99 Å². The third-order valence-electron chi connectivity index (χ3n) is 0.919. The van der Waals surface area contributed by atoms with Gasteiger partial charge in [0.15, 0.2) is 0 Å². The van der Waals surface area contributed by atoms with Crippen molar-refractivity contribution in [1.29, 1.82) is 0 Å². The Hall–Kier alpha value is 0.150. The maximum atomic E-state index is 4.44. The van der Waals surface area contributed by atoms with Gasteiger partial charge in [0.2, 0.25) is 0 Å². The molecule has 0 aliphatic carbocycles. The van der Waals surface area contributed by atoms with E-state index in [-0.39, 0.29) is 5.54 Å². The zero-order chi connectivity index (χ0) is 8.36. The Morgan fingerprint density at radius 2 is 1.70 bits per heavy atom. The van der Waals surface area contributed by atoms with Gasteiger partial charge < -0.3 is 0 Å². The molecular weight excluding hydrogens is 190 g/mol. The molecule has 10 heavy (non-hydrogen) atoms. The summed E-state index contributed by atoms with van der Waals surface area (Å²) in [5.74, 6) is 0.499. The highest BCUT2D eigenvalue weighted by Gasteiger charge is 2.09. The van der Waals surface area contributed by atoms with Gasteiger partial charge in [-0.15, -0.1) is 0 Å². The Morgan fingerprint density at radius 3 is 1.80 bits per heavy atom. The first-order valence-corrected chi connectivity index (χ1v) is 4.37. The molecular formula is C8H16BrN. The molecule has 0 aromatic heterocycles. The summed E-state index contributed by atoms with van der Waals surface area (Å²) in [4.78, 5) is 4.44. The average Bonchev–Trinajstić information content (AvgIpc) is 1.60. The van der Waals surface area contributed by atoms with E-state index < -0.39 is 0 Å². The average molecular weight is 206 g/mol. The molecule has 0 fully saturated rings. The Kier molecular flexibility index (Phi) is 3.57. The van der Waals surface area contributed by atoms with Crippen LogP contribution in [0, 0.1) is 5.92 Å². The summed E-state index contributed by atoms with van der Waals surface area (Å²) in [7, 11) is 0. The van der Waals surface area contributed by atoms with Crippen LogP contribution in [0.2, 0.25) is 0 Å². The van der Waals surface area contributed by atoms with Crippen molar-refractivity contribution < 1.29 is 0 Å². The summed E-state index contributed by atoms with van der Waals surface area (Å²) in [6.07, 6.45) is 0. The third kappa shape index (κ3) is 4.98. The molecule has 1 nitrogen and oxygen atoms in total. The Bertz CT molecular complexity index is 131. The highest BCUT2D eigenvalue weighted by molar-refractivity contribution is 9.18. The Labute approximate surface area is 72.1 Å². The zero-order valence-corrected chi connectivity index (χ0v) is 8.99. The predicted octanol–water partition coefficient (Wildman–Crippen LogP) is 3.23. The molecule has 0 atom stereocenters. The molecule has 0 saturated heterocycles. The SMILES string of the molecule is CC(C)C(Br)=NC(C)(C)C. The number of hydrogen-bond acceptors (Lipinski definition) is 1. The number of hydrogen-bond donors (Lipinski definition) is 0. The van der Waals surface area contributed by atoms with E-state index in [1.807, 2.05) is 0 Å². The van der Waals surface area contributed by atoms with E-state index in [4.69, 9.17) is 0 Å². The van der Waals surface area contributed by atoms with Crippen LogP contribution in [0.25, 0.3) is 0 Å². The number of nitrogens with zero attached hydrogens (tertiary/aromatic N) is 1. The molecule has 0 bridgehead atoms.